The maximum absolute atomic E-state index is 10.9. The average Bonchev–Trinajstić information content (AvgIpc) is 3.80. The zero-order valence-corrected chi connectivity index (χ0v) is 23.0. The van der Waals surface area contributed by atoms with Crippen molar-refractivity contribution >= 4 is 71.1 Å². The summed E-state index contributed by atoms with van der Waals surface area (Å²) < 4.78 is 29.5. The van der Waals surface area contributed by atoms with E-state index in [0.717, 1.165) is 44.6 Å². The van der Waals surface area contributed by atoms with E-state index in [1.807, 2.05) is 24.3 Å². The van der Waals surface area contributed by atoms with Crippen LogP contribution in [0.25, 0.3) is 42.1 Å². The van der Waals surface area contributed by atoms with Crippen LogP contribution in [0.3, 0.4) is 0 Å². The number of ether oxygens (including phenoxy) is 1. The van der Waals surface area contributed by atoms with Crippen LogP contribution >= 0.6 is 22.7 Å². The maximum atomic E-state index is 10.9. The van der Waals surface area contributed by atoms with Crippen LogP contribution in [0.5, 0.6) is 5.75 Å². The van der Waals surface area contributed by atoms with E-state index >= 15 is 0 Å². The SMILES string of the molecule is COc1ccoc1Cc1ccc(Cc2occc2C=O)s1.c1cc2cc3c(cc2o1)sc1cc2occc2cc13. The van der Waals surface area contributed by atoms with E-state index in [1.165, 1.54) is 25.0 Å². The molecule has 40 heavy (non-hydrogen) atoms. The summed E-state index contributed by atoms with van der Waals surface area (Å²) >= 11 is 3.45. The molecule has 0 aliphatic carbocycles. The first-order valence-electron chi connectivity index (χ1n) is 12.6. The number of aldehydes is 1. The Balaban J connectivity index is 0.000000133. The minimum Gasteiger partial charge on any atom is -0.493 e. The van der Waals surface area contributed by atoms with Gasteiger partial charge in [0.05, 0.1) is 37.7 Å². The summed E-state index contributed by atoms with van der Waals surface area (Å²) in [4.78, 5) is 13.2. The van der Waals surface area contributed by atoms with Gasteiger partial charge in [0.25, 0.3) is 0 Å². The number of thiophene rings is 2. The van der Waals surface area contributed by atoms with Crippen molar-refractivity contribution in [1.29, 1.82) is 0 Å². The molecular formula is C32H22O6S2. The van der Waals surface area contributed by atoms with Crippen LogP contribution in [0.1, 0.15) is 31.6 Å². The molecule has 8 aromatic rings. The maximum Gasteiger partial charge on any atom is 0.160 e. The minimum atomic E-state index is 0.609. The molecule has 0 saturated heterocycles. The molecule has 2 aromatic carbocycles. The molecule has 0 aliphatic heterocycles. The first-order chi connectivity index (χ1) is 19.7. The van der Waals surface area contributed by atoms with Crippen molar-refractivity contribution in [1.82, 2.24) is 0 Å². The number of rotatable bonds is 6. The first-order valence-corrected chi connectivity index (χ1v) is 14.2. The molecule has 0 saturated carbocycles. The van der Waals surface area contributed by atoms with E-state index in [2.05, 4.69) is 30.3 Å². The quantitative estimate of drug-likeness (QED) is 0.187. The third kappa shape index (κ3) is 4.51. The van der Waals surface area contributed by atoms with Crippen molar-refractivity contribution in [2.24, 2.45) is 0 Å². The van der Waals surface area contributed by atoms with Crippen molar-refractivity contribution in [3.8, 4) is 5.75 Å². The van der Waals surface area contributed by atoms with E-state index in [1.54, 1.807) is 60.9 Å². The highest BCUT2D eigenvalue weighted by atomic mass is 32.1. The number of furan rings is 4. The van der Waals surface area contributed by atoms with E-state index in [9.17, 15) is 4.79 Å². The largest absolute Gasteiger partial charge is 0.493 e. The molecule has 6 heterocycles. The normalized spacial score (nSPS) is 11.4. The Morgan fingerprint density at radius 1 is 0.675 bits per heavy atom. The van der Waals surface area contributed by atoms with Gasteiger partial charge >= 0.3 is 0 Å². The molecule has 0 spiro atoms. The zero-order valence-electron chi connectivity index (χ0n) is 21.3. The molecule has 0 N–H and O–H groups in total. The summed E-state index contributed by atoms with van der Waals surface area (Å²) in [6.07, 6.45) is 8.79. The third-order valence-electron chi connectivity index (χ3n) is 6.84. The molecular weight excluding hydrogens is 544 g/mol. The molecule has 0 unspecified atom stereocenters. The second-order valence-electron chi connectivity index (χ2n) is 9.27. The van der Waals surface area contributed by atoms with E-state index in [0.29, 0.717) is 24.2 Å². The summed E-state index contributed by atoms with van der Waals surface area (Å²) in [6, 6.07) is 20.3. The van der Waals surface area contributed by atoms with Crippen LogP contribution in [-0.2, 0) is 12.8 Å². The fourth-order valence-corrected chi connectivity index (χ4v) is 7.00. The van der Waals surface area contributed by atoms with Gasteiger partial charge in [-0.25, -0.2) is 0 Å². The van der Waals surface area contributed by atoms with Crippen molar-refractivity contribution in [2.45, 2.75) is 12.8 Å². The Labute approximate surface area is 236 Å². The lowest BCUT2D eigenvalue weighted by Gasteiger charge is -1.99. The third-order valence-corrected chi connectivity index (χ3v) is 9.04. The van der Waals surface area contributed by atoms with Gasteiger partial charge in [-0.1, -0.05) is 0 Å². The van der Waals surface area contributed by atoms with Gasteiger partial charge < -0.3 is 22.4 Å². The Bertz CT molecular complexity index is 2010. The number of methoxy groups -OCH3 is 1. The number of carbonyl (C=O) groups excluding carboxylic acids is 1. The second kappa shape index (κ2) is 10.2. The minimum absolute atomic E-state index is 0.609. The number of hydrogen-bond acceptors (Lipinski definition) is 8. The molecule has 0 bridgehead atoms. The van der Waals surface area contributed by atoms with Crippen LogP contribution in [0.15, 0.2) is 103 Å². The Morgan fingerprint density at radius 3 is 1.88 bits per heavy atom. The topological polar surface area (TPSA) is 78.9 Å². The Morgan fingerprint density at radius 2 is 1.25 bits per heavy atom. The molecule has 8 rings (SSSR count). The number of fused-ring (bicyclic) bond motifs is 5. The lowest BCUT2D eigenvalue weighted by molar-refractivity contribution is 0.112. The highest BCUT2D eigenvalue weighted by molar-refractivity contribution is 7.26. The summed E-state index contributed by atoms with van der Waals surface area (Å²) in [7, 11) is 1.63. The average molecular weight is 567 g/mol. The van der Waals surface area contributed by atoms with Gasteiger partial charge in [-0.05, 0) is 54.6 Å². The fraction of sp³-hybridized carbons (Fsp3) is 0.0938. The number of hydrogen-bond donors (Lipinski definition) is 0. The highest BCUT2D eigenvalue weighted by Gasteiger charge is 2.13. The summed E-state index contributed by atoms with van der Waals surface area (Å²) in [5.74, 6) is 2.28. The lowest BCUT2D eigenvalue weighted by Crippen LogP contribution is -1.88. The smallest absolute Gasteiger partial charge is 0.160 e. The van der Waals surface area contributed by atoms with E-state index in [4.69, 9.17) is 22.4 Å². The van der Waals surface area contributed by atoms with E-state index < -0.39 is 0 Å². The predicted molar refractivity (Wildman–Crippen MR) is 158 cm³/mol. The summed E-state index contributed by atoms with van der Waals surface area (Å²) in [5.41, 5.74) is 2.50. The molecule has 198 valence electrons. The monoisotopic (exact) mass is 566 g/mol. The summed E-state index contributed by atoms with van der Waals surface area (Å²) in [5, 5.41) is 4.88. The zero-order chi connectivity index (χ0) is 27.1. The van der Waals surface area contributed by atoms with Gasteiger partial charge in [-0.3, -0.25) is 4.79 Å². The van der Waals surface area contributed by atoms with Crippen LogP contribution in [0, 0.1) is 0 Å². The van der Waals surface area contributed by atoms with Gasteiger partial charge in [-0.15, -0.1) is 22.7 Å². The highest BCUT2D eigenvalue weighted by Crippen LogP contribution is 2.39. The number of benzene rings is 2. The first kappa shape index (κ1) is 24.5. The van der Waals surface area contributed by atoms with Crippen LogP contribution < -0.4 is 4.74 Å². The molecule has 0 radical (unpaired) electrons. The van der Waals surface area contributed by atoms with E-state index in [-0.39, 0.29) is 0 Å². The van der Waals surface area contributed by atoms with Crippen molar-refractivity contribution in [3.63, 3.8) is 0 Å². The van der Waals surface area contributed by atoms with Crippen LogP contribution in [0.2, 0.25) is 0 Å². The molecule has 8 heteroatoms. The standard InChI is InChI=1S/C16H14O4S.C16H8O2S/c1-18-14-5-7-20-16(14)9-13-3-2-12(21-13)8-15-11(10-17)4-6-19-15;1-3-17-13-7-15-11(5-9(1)13)12-6-10-2-4-18-14(10)8-16(12)19-15/h2-7,10H,8-9H2,1H3;1-8H. The Hall–Kier alpha value is -4.53. The molecule has 0 atom stereocenters. The van der Waals surface area contributed by atoms with Gasteiger partial charge in [0, 0.05) is 59.6 Å². The van der Waals surface area contributed by atoms with Gasteiger partial charge in [0.1, 0.15) is 16.9 Å². The van der Waals surface area contributed by atoms with Gasteiger partial charge in [-0.2, -0.15) is 0 Å². The van der Waals surface area contributed by atoms with Gasteiger partial charge in [0.2, 0.25) is 0 Å². The second-order valence-corrected chi connectivity index (χ2v) is 11.6. The molecule has 0 fully saturated rings. The van der Waals surface area contributed by atoms with Crippen molar-refractivity contribution in [2.75, 3.05) is 7.11 Å². The fourth-order valence-electron chi connectivity index (χ4n) is 4.86. The van der Waals surface area contributed by atoms with Crippen LogP contribution in [0.4, 0.5) is 0 Å². The summed E-state index contributed by atoms with van der Waals surface area (Å²) in [6.45, 7) is 0. The molecule has 0 aliphatic rings. The number of carbonyl (C=O) groups is 1. The molecule has 6 nitrogen and oxygen atoms in total. The molecule has 0 amide bonds. The van der Waals surface area contributed by atoms with Crippen molar-refractivity contribution < 1.29 is 27.2 Å². The van der Waals surface area contributed by atoms with Gasteiger partial charge in [0.15, 0.2) is 17.8 Å². The Kier molecular flexibility index (Phi) is 6.26. The van der Waals surface area contributed by atoms with Crippen LogP contribution in [-0.4, -0.2) is 13.4 Å². The predicted octanol–water partition coefficient (Wildman–Crippen LogP) is 9.48. The lowest BCUT2D eigenvalue weighted by atomic mass is 10.1. The van der Waals surface area contributed by atoms with Crippen molar-refractivity contribution in [3.05, 3.63) is 113 Å². The molecule has 6 aromatic heterocycles.